The summed E-state index contributed by atoms with van der Waals surface area (Å²) in [5, 5.41) is 27.5. The molecular weight excluding hydrogens is 188 g/mol. The molecule has 6 nitrogen and oxygen atoms in total. The molecule has 0 aromatic rings. The van der Waals surface area contributed by atoms with Crippen molar-refractivity contribution in [3.63, 3.8) is 0 Å². The molecule has 1 heterocycles. The summed E-state index contributed by atoms with van der Waals surface area (Å²) < 4.78 is 5.06. The standard InChI is InChI=1S/C8H14N2O4/c9-2-1-3-10-8-7(13)6(12)5(4-11)14-8/h1-3,5-8,11-13H,4,9H2. The number of nitrogens with zero attached hydrogens (tertiary/aromatic N) is 1. The number of aliphatic hydroxyl groups excluding tert-OH is 3. The molecule has 6 heteroatoms. The quantitative estimate of drug-likeness (QED) is 0.395. The van der Waals surface area contributed by atoms with Gasteiger partial charge in [-0.05, 0) is 12.3 Å². The lowest BCUT2D eigenvalue weighted by atomic mass is 10.1. The Balaban J connectivity index is 2.56. The lowest BCUT2D eigenvalue weighted by molar-refractivity contribution is -0.0192. The van der Waals surface area contributed by atoms with Gasteiger partial charge in [0.25, 0.3) is 0 Å². The third-order valence-corrected chi connectivity index (χ3v) is 1.95. The van der Waals surface area contributed by atoms with Crippen LogP contribution >= 0.6 is 0 Å². The minimum atomic E-state index is -1.12. The van der Waals surface area contributed by atoms with E-state index >= 15 is 0 Å². The van der Waals surface area contributed by atoms with Gasteiger partial charge in [-0.25, -0.2) is 0 Å². The van der Waals surface area contributed by atoms with E-state index in [0.29, 0.717) is 0 Å². The number of ether oxygens (including phenoxy) is 1. The maximum absolute atomic E-state index is 9.40. The maximum Gasteiger partial charge on any atom is 0.177 e. The molecule has 0 aromatic carbocycles. The van der Waals surface area contributed by atoms with Crippen molar-refractivity contribution < 1.29 is 20.1 Å². The monoisotopic (exact) mass is 202 g/mol. The summed E-state index contributed by atoms with van der Waals surface area (Å²) in [5.41, 5.74) is 5.06. The first-order chi connectivity index (χ1) is 6.70. The zero-order valence-electron chi connectivity index (χ0n) is 7.52. The Bertz CT molecular complexity index is 231. The predicted molar refractivity (Wildman–Crippen MR) is 49.6 cm³/mol. The van der Waals surface area contributed by atoms with Gasteiger partial charge >= 0.3 is 0 Å². The minimum Gasteiger partial charge on any atom is -0.405 e. The molecule has 4 unspecified atom stereocenters. The Morgan fingerprint density at radius 2 is 2.07 bits per heavy atom. The van der Waals surface area contributed by atoms with E-state index in [1.807, 2.05) is 0 Å². The van der Waals surface area contributed by atoms with E-state index in [0.717, 1.165) is 0 Å². The van der Waals surface area contributed by atoms with Crippen molar-refractivity contribution >= 4 is 6.21 Å². The van der Waals surface area contributed by atoms with Crippen molar-refractivity contribution in [3.05, 3.63) is 12.3 Å². The molecule has 1 saturated heterocycles. The molecule has 0 spiro atoms. The van der Waals surface area contributed by atoms with Gasteiger partial charge in [0, 0.05) is 6.21 Å². The van der Waals surface area contributed by atoms with E-state index in [4.69, 9.17) is 15.6 Å². The lowest BCUT2D eigenvalue weighted by Gasteiger charge is -2.09. The normalized spacial score (nSPS) is 38.8. The van der Waals surface area contributed by atoms with E-state index in [1.54, 1.807) is 0 Å². The summed E-state index contributed by atoms with van der Waals surface area (Å²) in [5.74, 6) is 0. The highest BCUT2D eigenvalue weighted by Gasteiger charge is 2.41. The van der Waals surface area contributed by atoms with Crippen molar-refractivity contribution in [2.24, 2.45) is 10.7 Å². The third kappa shape index (κ3) is 2.30. The Labute approximate surface area is 81.3 Å². The molecule has 4 atom stereocenters. The summed E-state index contributed by atoms with van der Waals surface area (Å²) in [6.07, 6.45) is 0.255. The van der Waals surface area contributed by atoms with Crippen LogP contribution in [-0.2, 0) is 4.74 Å². The van der Waals surface area contributed by atoms with Crippen LogP contribution in [0.25, 0.3) is 0 Å². The van der Waals surface area contributed by atoms with Gasteiger partial charge in [-0.2, -0.15) is 0 Å². The topological polar surface area (TPSA) is 108 Å². The van der Waals surface area contributed by atoms with E-state index in [-0.39, 0.29) is 6.61 Å². The Morgan fingerprint density at radius 3 is 2.57 bits per heavy atom. The zero-order chi connectivity index (χ0) is 10.6. The molecule has 1 rings (SSSR count). The highest BCUT2D eigenvalue weighted by molar-refractivity contribution is 5.70. The first-order valence-corrected chi connectivity index (χ1v) is 4.23. The average Bonchev–Trinajstić information content (AvgIpc) is 2.46. The lowest BCUT2D eigenvalue weighted by Crippen LogP contribution is -2.33. The zero-order valence-corrected chi connectivity index (χ0v) is 7.52. The molecule has 0 radical (unpaired) electrons. The number of aliphatic hydroxyl groups is 3. The van der Waals surface area contributed by atoms with Crippen LogP contribution < -0.4 is 5.73 Å². The third-order valence-electron chi connectivity index (χ3n) is 1.95. The summed E-state index contributed by atoms with van der Waals surface area (Å²) in [6.45, 7) is -0.350. The number of hydrogen-bond donors (Lipinski definition) is 4. The van der Waals surface area contributed by atoms with Crippen molar-refractivity contribution in [1.82, 2.24) is 0 Å². The van der Waals surface area contributed by atoms with Crippen LogP contribution in [0.1, 0.15) is 0 Å². The van der Waals surface area contributed by atoms with Crippen molar-refractivity contribution in [1.29, 1.82) is 0 Å². The van der Waals surface area contributed by atoms with Crippen LogP contribution in [-0.4, -0.2) is 52.7 Å². The fourth-order valence-electron chi connectivity index (χ4n) is 1.19. The first-order valence-electron chi connectivity index (χ1n) is 4.23. The van der Waals surface area contributed by atoms with Gasteiger partial charge in [0.05, 0.1) is 6.61 Å². The number of allylic oxidation sites excluding steroid dienone is 1. The molecule has 0 aromatic heterocycles. The van der Waals surface area contributed by atoms with Crippen molar-refractivity contribution in [3.8, 4) is 0 Å². The van der Waals surface area contributed by atoms with Gasteiger partial charge < -0.3 is 25.8 Å². The fraction of sp³-hybridized carbons (Fsp3) is 0.625. The molecule has 1 aliphatic heterocycles. The van der Waals surface area contributed by atoms with Crippen LogP contribution in [0.5, 0.6) is 0 Å². The summed E-state index contributed by atoms with van der Waals surface area (Å²) in [4.78, 5) is 3.81. The van der Waals surface area contributed by atoms with Crippen LogP contribution in [0.15, 0.2) is 17.3 Å². The van der Waals surface area contributed by atoms with E-state index < -0.39 is 24.5 Å². The van der Waals surface area contributed by atoms with Gasteiger partial charge in [0.1, 0.15) is 18.3 Å². The van der Waals surface area contributed by atoms with E-state index in [9.17, 15) is 10.2 Å². The van der Waals surface area contributed by atoms with Gasteiger partial charge in [-0.1, -0.05) is 0 Å². The van der Waals surface area contributed by atoms with Gasteiger partial charge in [-0.15, -0.1) is 0 Å². The maximum atomic E-state index is 9.40. The van der Waals surface area contributed by atoms with Crippen LogP contribution in [0, 0.1) is 0 Å². The number of aliphatic imine (C=N–C) groups is 1. The fourth-order valence-corrected chi connectivity index (χ4v) is 1.19. The van der Waals surface area contributed by atoms with E-state index in [2.05, 4.69) is 4.99 Å². The Kier molecular flexibility index (Phi) is 4.02. The second-order valence-corrected chi connectivity index (χ2v) is 2.91. The van der Waals surface area contributed by atoms with Crippen LogP contribution in [0.3, 0.4) is 0 Å². The van der Waals surface area contributed by atoms with Gasteiger partial charge in [0.15, 0.2) is 6.23 Å². The molecule has 1 fully saturated rings. The molecule has 5 N–H and O–H groups in total. The number of nitrogens with two attached hydrogens (primary N) is 1. The largest absolute Gasteiger partial charge is 0.405 e. The summed E-state index contributed by atoms with van der Waals surface area (Å²) in [7, 11) is 0. The molecule has 14 heavy (non-hydrogen) atoms. The molecule has 0 bridgehead atoms. The molecule has 0 saturated carbocycles. The predicted octanol–water partition coefficient (Wildman–Crippen LogP) is -2.03. The van der Waals surface area contributed by atoms with E-state index in [1.165, 1.54) is 18.5 Å². The molecule has 0 aliphatic carbocycles. The minimum absolute atomic E-state index is 0.350. The number of rotatable bonds is 3. The highest BCUT2D eigenvalue weighted by atomic mass is 16.6. The van der Waals surface area contributed by atoms with Crippen molar-refractivity contribution in [2.75, 3.05) is 6.61 Å². The average molecular weight is 202 g/mol. The molecule has 80 valence electrons. The second-order valence-electron chi connectivity index (χ2n) is 2.91. The highest BCUT2D eigenvalue weighted by Crippen LogP contribution is 2.21. The number of hydrogen-bond acceptors (Lipinski definition) is 6. The smallest absolute Gasteiger partial charge is 0.177 e. The molecule has 1 aliphatic rings. The SMILES string of the molecule is NC=CC=NC1OC(CO)C(O)C1O. The Morgan fingerprint density at radius 1 is 1.36 bits per heavy atom. The van der Waals surface area contributed by atoms with Gasteiger partial charge in [-0.3, -0.25) is 4.99 Å². The van der Waals surface area contributed by atoms with Crippen LogP contribution in [0.4, 0.5) is 0 Å². The van der Waals surface area contributed by atoms with Crippen molar-refractivity contribution in [2.45, 2.75) is 24.5 Å². The molecule has 0 amide bonds. The summed E-state index contributed by atoms with van der Waals surface area (Å²) in [6, 6.07) is 0. The molecular formula is C8H14N2O4. The Hall–Kier alpha value is -0.950. The van der Waals surface area contributed by atoms with Crippen LogP contribution in [0.2, 0.25) is 0 Å². The first kappa shape index (κ1) is 11.1. The second kappa shape index (κ2) is 5.06. The summed E-state index contributed by atoms with van der Waals surface area (Å²) >= 11 is 0. The van der Waals surface area contributed by atoms with Gasteiger partial charge in [0.2, 0.25) is 0 Å².